The molecular weight excluding hydrogens is 172 g/mol. The number of carboxylic acids is 1. The molecule has 0 amide bonds. The van der Waals surface area contributed by atoms with E-state index in [1.54, 1.807) is 0 Å². The monoisotopic (exact) mass is 184 g/mol. The van der Waals surface area contributed by atoms with Crippen molar-refractivity contribution < 1.29 is 19.4 Å². The van der Waals surface area contributed by atoms with Gasteiger partial charge in [0.15, 0.2) is 0 Å². The molecule has 0 aromatic carbocycles. The average molecular weight is 184 g/mol. The molecule has 13 heavy (non-hydrogen) atoms. The lowest BCUT2D eigenvalue weighted by molar-refractivity contribution is -0.146. The molecule has 2 unspecified atom stereocenters. The first-order valence-electron chi connectivity index (χ1n) is 4.20. The van der Waals surface area contributed by atoms with Crippen LogP contribution in [0.3, 0.4) is 0 Å². The maximum Gasteiger partial charge on any atom is 0.376 e. The molecule has 0 spiro atoms. The molecule has 1 rings (SSSR count). The summed E-state index contributed by atoms with van der Waals surface area (Å²) in [5, 5.41) is 8.27. The fourth-order valence-electron chi connectivity index (χ4n) is 1.24. The van der Waals surface area contributed by atoms with E-state index in [4.69, 9.17) is 9.84 Å². The average Bonchev–Trinajstić information content (AvgIpc) is 2.47. The van der Waals surface area contributed by atoms with E-state index in [0.717, 1.165) is 18.9 Å². The first kappa shape index (κ1) is 9.92. The van der Waals surface area contributed by atoms with Crippen LogP contribution in [0.25, 0.3) is 0 Å². The van der Waals surface area contributed by atoms with Crippen molar-refractivity contribution in [2.45, 2.75) is 32.0 Å². The van der Waals surface area contributed by atoms with E-state index >= 15 is 0 Å². The zero-order chi connectivity index (χ0) is 9.84. The highest BCUT2D eigenvalue weighted by Crippen LogP contribution is 2.19. The highest BCUT2D eigenvalue weighted by molar-refractivity contribution is 6.37. The van der Waals surface area contributed by atoms with Crippen LogP contribution in [0.4, 0.5) is 0 Å². The number of carbonyl (C=O) groups excluding carboxylic acids is 1. The SMILES string of the molecule is CC1CCC(/C=C/C(=O)C(=O)O)O1. The molecule has 0 saturated carbocycles. The van der Waals surface area contributed by atoms with E-state index in [9.17, 15) is 9.59 Å². The summed E-state index contributed by atoms with van der Waals surface area (Å²) in [6.45, 7) is 1.95. The minimum Gasteiger partial charge on any atom is -0.475 e. The Morgan fingerprint density at radius 1 is 1.46 bits per heavy atom. The first-order chi connectivity index (χ1) is 6.09. The fourth-order valence-corrected chi connectivity index (χ4v) is 1.24. The summed E-state index contributed by atoms with van der Waals surface area (Å²) >= 11 is 0. The molecule has 1 fully saturated rings. The van der Waals surface area contributed by atoms with Gasteiger partial charge in [0, 0.05) is 0 Å². The zero-order valence-electron chi connectivity index (χ0n) is 7.40. The summed E-state index contributed by atoms with van der Waals surface area (Å²) in [6, 6.07) is 0. The zero-order valence-corrected chi connectivity index (χ0v) is 7.40. The Balaban J connectivity index is 2.40. The van der Waals surface area contributed by atoms with Gasteiger partial charge in [0.05, 0.1) is 12.2 Å². The van der Waals surface area contributed by atoms with Gasteiger partial charge in [-0.2, -0.15) is 0 Å². The van der Waals surface area contributed by atoms with E-state index < -0.39 is 11.8 Å². The molecule has 4 nitrogen and oxygen atoms in total. The number of hydrogen-bond acceptors (Lipinski definition) is 3. The molecule has 1 saturated heterocycles. The minimum atomic E-state index is -1.43. The lowest BCUT2D eigenvalue weighted by atomic mass is 10.2. The van der Waals surface area contributed by atoms with Gasteiger partial charge >= 0.3 is 5.97 Å². The lowest BCUT2D eigenvalue weighted by Gasteiger charge is -2.03. The van der Waals surface area contributed by atoms with Gasteiger partial charge in [0.2, 0.25) is 0 Å². The van der Waals surface area contributed by atoms with Gasteiger partial charge in [-0.05, 0) is 25.8 Å². The number of hydrogen-bond donors (Lipinski definition) is 1. The highest BCUT2D eigenvalue weighted by atomic mass is 16.5. The maximum absolute atomic E-state index is 10.6. The molecule has 1 aliphatic heterocycles. The van der Waals surface area contributed by atoms with Crippen LogP contribution in [0.1, 0.15) is 19.8 Å². The van der Waals surface area contributed by atoms with Crippen molar-refractivity contribution in [3.63, 3.8) is 0 Å². The van der Waals surface area contributed by atoms with Crippen LogP contribution in [-0.2, 0) is 14.3 Å². The number of rotatable bonds is 3. The number of ketones is 1. The molecule has 1 N–H and O–H groups in total. The minimum absolute atomic E-state index is 0.0988. The van der Waals surface area contributed by atoms with Crippen LogP contribution in [0.5, 0.6) is 0 Å². The van der Waals surface area contributed by atoms with Gasteiger partial charge in [-0.15, -0.1) is 0 Å². The molecule has 0 aliphatic carbocycles. The molecule has 0 radical (unpaired) electrons. The Hall–Kier alpha value is -1.16. The molecule has 72 valence electrons. The largest absolute Gasteiger partial charge is 0.475 e. The van der Waals surface area contributed by atoms with Crippen LogP contribution in [0.15, 0.2) is 12.2 Å². The third-order valence-corrected chi connectivity index (χ3v) is 1.94. The van der Waals surface area contributed by atoms with Crippen molar-refractivity contribution in [3.05, 3.63) is 12.2 Å². The summed E-state index contributed by atoms with van der Waals surface area (Å²) in [4.78, 5) is 20.8. The van der Waals surface area contributed by atoms with Crippen molar-refractivity contribution in [1.82, 2.24) is 0 Å². The van der Waals surface area contributed by atoms with Crippen molar-refractivity contribution >= 4 is 11.8 Å². The van der Waals surface area contributed by atoms with Crippen LogP contribution < -0.4 is 0 Å². The molecule has 0 bridgehead atoms. The van der Waals surface area contributed by atoms with Gasteiger partial charge in [0.25, 0.3) is 5.78 Å². The molecule has 2 atom stereocenters. The predicted octanol–water partition coefficient (Wildman–Crippen LogP) is 0.764. The van der Waals surface area contributed by atoms with Crippen molar-refractivity contribution in [2.24, 2.45) is 0 Å². The number of ether oxygens (including phenoxy) is 1. The van der Waals surface area contributed by atoms with Crippen LogP contribution in [0.2, 0.25) is 0 Å². The van der Waals surface area contributed by atoms with E-state index in [1.807, 2.05) is 6.92 Å². The van der Waals surface area contributed by atoms with Crippen LogP contribution in [-0.4, -0.2) is 29.1 Å². The van der Waals surface area contributed by atoms with E-state index in [-0.39, 0.29) is 12.2 Å². The number of carbonyl (C=O) groups is 2. The summed E-state index contributed by atoms with van der Waals surface area (Å²) < 4.78 is 5.36. The molecule has 1 aliphatic rings. The predicted molar refractivity (Wildman–Crippen MR) is 45.4 cm³/mol. The van der Waals surface area contributed by atoms with Gasteiger partial charge < -0.3 is 9.84 Å². The van der Waals surface area contributed by atoms with Crippen LogP contribution in [0, 0.1) is 0 Å². The summed E-state index contributed by atoms with van der Waals surface area (Å²) in [5.74, 6) is -2.33. The number of carboxylic acid groups (broad SMARTS) is 1. The van der Waals surface area contributed by atoms with E-state index in [1.165, 1.54) is 6.08 Å². The Morgan fingerprint density at radius 3 is 2.62 bits per heavy atom. The van der Waals surface area contributed by atoms with Gasteiger partial charge in [-0.1, -0.05) is 6.08 Å². The Bertz CT molecular complexity index is 244. The maximum atomic E-state index is 10.6. The Kier molecular flexibility index (Phi) is 3.19. The summed E-state index contributed by atoms with van der Waals surface area (Å²) in [7, 11) is 0. The lowest BCUT2D eigenvalue weighted by Crippen LogP contribution is -2.11. The first-order valence-corrected chi connectivity index (χ1v) is 4.20. The molecule has 1 heterocycles. The third-order valence-electron chi connectivity index (χ3n) is 1.94. The smallest absolute Gasteiger partial charge is 0.376 e. The summed E-state index contributed by atoms with van der Waals surface area (Å²) in [6.07, 6.45) is 4.49. The molecular formula is C9H12O4. The second kappa shape index (κ2) is 4.18. The molecule has 4 heteroatoms. The third kappa shape index (κ3) is 2.99. The fraction of sp³-hybridized carbons (Fsp3) is 0.556. The standard InChI is InChI=1S/C9H12O4/c1-6-2-3-7(13-6)4-5-8(10)9(11)12/h4-7H,2-3H2,1H3,(H,11,12)/b5-4+. The van der Waals surface area contributed by atoms with Crippen LogP contribution >= 0.6 is 0 Å². The van der Waals surface area contributed by atoms with Crippen molar-refractivity contribution in [2.75, 3.05) is 0 Å². The molecule has 0 aromatic heterocycles. The highest BCUT2D eigenvalue weighted by Gasteiger charge is 2.19. The van der Waals surface area contributed by atoms with Crippen molar-refractivity contribution in [1.29, 1.82) is 0 Å². The van der Waals surface area contributed by atoms with Gasteiger partial charge in [0.1, 0.15) is 0 Å². The second-order valence-electron chi connectivity index (χ2n) is 3.09. The number of aliphatic carboxylic acids is 1. The topological polar surface area (TPSA) is 63.6 Å². The molecule has 0 aromatic rings. The Labute approximate surface area is 76.2 Å². The van der Waals surface area contributed by atoms with E-state index in [2.05, 4.69) is 0 Å². The van der Waals surface area contributed by atoms with Gasteiger partial charge in [-0.25, -0.2) is 4.79 Å². The Morgan fingerprint density at radius 2 is 2.15 bits per heavy atom. The van der Waals surface area contributed by atoms with Crippen molar-refractivity contribution in [3.8, 4) is 0 Å². The van der Waals surface area contributed by atoms with Gasteiger partial charge in [-0.3, -0.25) is 4.79 Å². The van der Waals surface area contributed by atoms with E-state index in [0.29, 0.717) is 0 Å². The normalized spacial score (nSPS) is 28.1. The quantitative estimate of drug-likeness (QED) is 0.519. The second-order valence-corrected chi connectivity index (χ2v) is 3.09. The summed E-state index contributed by atoms with van der Waals surface area (Å²) in [5.41, 5.74) is 0.